The molecule has 0 aliphatic heterocycles. The van der Waals surface area contributed by atoms with Gasteiger partial charge in [0.1, 0.15) is 17.4 Å². The Balaban J connectivity index is 1.55. The Hall–Kier alpha value is -3.88. The maximum Gasteiger partial charge on any atom is 0.225 e. The molecule has 0 spiro atoms. The maximum atomic E-state index is 13.9. The predicted molar refractivity (Wildman–Crippen MR) is 142 cm³/mol. The molecule has 0 bridgehead atoms. The van der Waals surface area contributed by atoms with Gasteiger partial charge >= 0.3 is 0 Å². The Morgan fingerprint density at radius 1 is 1.00 bits per heavy atom. The van der Waals surface area contributed by atoms with Gasteiger partial charge in [-0.3, -0.25) is 0 Å². The first-order chi connectivity index (χ1) is 17.4. The smallest absolute Gasteiger partial charge is 0.225 e. The van der Waals surface area contributed by atoms with Crippen molar-refractivity contribution in [2.75, 3.05) is 24.7 Å². The van der Waals surface area contributed by atoms with E-state index in [2.05, 4.69) is 15.4 Å². The lowest BCUT2D eigenvalue weighted by atomic mass is 10.1. The molecule has 0 radical (unpaired) electrons. The van der Waals surface area contributed by atoms with Crippen LogP contribution in [-0.2, 0) is 6.42 Å². The van der Waals surface area contributed by atoms with Crippen LogP contribution in [0.15, 0.2) is 66.7 Å². The molecule has 0 unspecified atom stereocenters. The van der Waals surface area contributed by atoms with E-state index in [1.165, 1.54) is 16.8 Å². The van der Waals surface area contributed by atoms with Crippen LogP contribution in [0, 0.1) is 5.82 Å². The maximum absolute atomic E-state index is 13.9. The van der Waals surface area contributed by atoms with Gasteiger partial charge in [0, 0.05) is 12.1 Å². The molecule has 36 heavy (non-hydrogen) atoms. The highest BCUT2D eigenvalue weighted by molar-refractivity contribution is 6.32. The number of ether oxygens (including phenoxy) is 1. The first-order valence-electron chi connectivity index (χ1n) is 11.1. The van der Waals surface area contributed by atoms with Crippen LogP contribution in [0.5, 0.6) is 5.75 Å². The van der Waals surface area contributed by atoms with Crippen LogP contribution >= 0.6 is 23.2 Å². The van der Waals surface area contributed by atoms with Crippen molar-refractivity contribution in [1.82, 2.24) is 19.7 Å². The van der Waals surface area contributed by atoms with Crippen LogP contribution in [0.3, 0.4) is 0 Å². The second-order valence-corrected chi connectivity index (χ2v) is 8.81. The molecule has 3 N–H and O–H groups in total. The van der Waals surface area contributed by atoms with E-state index in [4.69, 9.17) is 38.7 Å². The summed E-state index contributed by atoms with van der Waals surface area (Å²) in [5.74, 6) is 0.937. The van der Waals surface area contributed by atoms with E-state index >= 15 is 0 Å². The average molecular weight is 523 g/mol. The number of nitrogens with two attached hydrogens (primary N) is 1. The number of nitrogen functional groups attached to an aromatic ring is 1. The predicted octanol–water partition coefficient (Wildman–Crippen LogP) is 6.17. The highest BCUT2D eigenvalue weighted by Gasteiger charge is 2.20. The lowest BCUT2D eigenvalue weighted by Crippen LogP contribution is -2.09. The summed E-state index contributed by atoms with van der Waals surface area (Å²) in [6, 6.07) is 19.4. The summed E-state index contributed by atoms with van der Waals surface area (Å²) in [4.78, 5) is 9.29. The molecule has 0 aliphatic carbocycles. The van der Waals surface area contributed by atoms with E-state index in [9.17, 15) is 4.39 Å². The van der Waals surface area contributed by atoms with Gasteiger partial charge in [0.15, 0.2) is 5.65 Å². The Morgan fingerprint density at radius 3 is 2.50 bits per heavy atom. The number of nitrogens with zero attached hydrogens (tertiary/aromatic N) is 4. The first-order valence-corrected chi connectivity index (χ1v) is 11.8. The minimum atomic E-state index is -0.525. The number of para-hydroxylation sites is 1. The standard InChI is InChI=1S/C26H21Cl2FN6O/c1-36-17-9-6-15(7-10-17)12-13-31-26-32-23(16-8-11-20(29)19(28)14-16)22-24(30)35(34-25(22)33-26)21-5-3-2-4-18(21)27/h2-11,14H,12-13,30H2,1H3,(H,31,33,34). The number of rotatable bonds is 7. The van der Waals surface area contributed by atoms with Gasteiger partial charge in [-0.1, -0.05) is 47.5 Å². The monoisotopic (exact) mass is 522 g/mol. The molecule has 2 aromatic heterocycles. The fraction of sp³-hybridized carbons (Fsp3) is 0.115. The van der Waals surface area contributed by atoms with Crippen LogP contribution < -0.4 is 15.8 Å². The van der Waals surface area contributed by atoms with E-state index in [0.717, 1.165) is 17.7 Å². The highest BCUT2D eigenvalue weighted by Crippen LogP contribution is 2.35. The molecule has 182 valence electrons. The normalized spacial score (nSPS) is 11.1. The molecule has 0 aliphatic rings. The number of nitrogens with one attached hydrogen (secondary N) is 1. The summed E-state index contributed by atoms with van der Waals surface area (Å²) in [6.45, 7) is 0.572. The van der Waals surface area contributed by atoms with E-state index < -0.39 is 5.82 Å². The summed E-state index contributed by atoms with van der Waals surface area (Å²) in [5.41, 5.74) is 9.67. The fourth-order valence-corrected chi connectivity index (χ4v) is 4.26. The van der Waals surface area contributed by atoms with Gasteiger partial charge in [-0.05, 0) is 54.4 Å². The molecule has 10 heteroatoms. The van der Waals surface area contributed by atoms with Crippen LogP contribution in [-0.4, -0.2) is 33.4 Å². The topological polar surface area (TPSA) is 90.9 Å². The molecule has 0 amide bonds. The zero-order valence-corrected chi connectivity index (χ0v) is 20.7. The third-order valence-corrected chi connectivity index (χ3v) is 6.31. The van der Waals surface area contributed by atoms with Crippen molar-refractivity contribution in [1.29, 1.82) is 0 Å². The number of hydrogen-bond acceptors (Lipinski definition) is 6. The molecule has 2 heterocycles. The van der Waals surface area contributed by atoms with E-state index in [1.807, 2.05) is 36.4 Å². The largest absolute Gasteiger partial charge is 0.497 e. The third-order valence-electron chi connectivity index (χ3n) is 5.70. The zero-order chi connectivity index (χ0) is 25.2. The van der Waals surface area contributed by atoms with Crippen molar-refractivity contribution in [2.24, 2.45) is 0 Å². The molecule has 0 atom stereocenters. The molecule has 5 rings (SSSR count). The van der Waals surface area contributed by atoms with Crippen molar-refractivity contribution in [3.05, 3.63) is 88.2 Å². The summed E-state index contributed by atoms with van der Waals surface area (Å²) in [5, 5.41) is 8.83. The number of methoxy groups -OCH3 is 1. The minimum absolute atomic E-state index is 0.0228. The Kier molecular flexibility index (Phi) is 6.63. The lowest BCUT2D eigenvalue weighted by Gasteiger charge is -2.10. The van der Waals surface area contributed by atoms with Gasteiger partial charge in [-0.25, -0.2) is 14.1 Å². The second kappa shape index (κ2) is 10.0. The molecule has 0 saturated heterocycles. The van der Waals surface area contributed by atoms with E-state index in [1.54, 1.807) is 25.3 Å². The van der Waals surface area contributed by atoms with Crippen molar-refractivity contribution < 1.29 is 9.13 Å². The molecule has 7 nitrogen and oxygen atoms in total. The Labute approximate surface area is 216 Å². The van der Waals surface area contributed by atoms with Gasteiger partial charge in [0.25, 0.3) is 0 Å². The average Bonchev–Trinajstić information content (AvgIpc) is 3.22. The van der Waals surface area contributed by atoms with E-state index in [-0.39, 0.29) is 5.02 Å². The highest BCUT2D eigenvalue weighted by atomic mass is 35.5. The summed E-state index contributed by atoms with van der Waals surface area (Å²) in [6.07, 6.45) is 0.735. The molecule has 3 aromatic carbocycles. The van der Waals surface area contributed by atoms with Gasteiger partial charge in [-0.15, -0.1) is 5.10 Å². The second-order valence-electron chi connectivity index (χ2n) is 8.00. The SMILES string of the molecule is COc1ccc(CCNc2nc(-c3ccc(F)c(Cl)c3)c3c(N)n(-c4ccccc4Cl)nc3n2)cc1. The molecular formula is C26H21Cl2FN6O. The van der Waals surface area contributed by atoms with Gasteiger partial charge in [-0.2, -0.15) is 4.98 Å². The summed E-state index contributed by atoms with van der Waals surface area (Å²) < 4.78 is 20.6. The molecular weight excluding hydrogens is 502 g/mol. The van der Waals surface area contributed by atoms with Crippen molar-refractivity contribution in [3.63, 3.8) is 0 Å². The van der Waals surface area contributed by atoms with Crippen LogP contribution in [0.1, 0.15) is 5.56 Å². The van der Waals surface area contributed by atoms with Crippen molar-refractivity contribution in [2.45, 2.75) is 6.42 Å². The molecule has 0 fully saturated rings. The molecule has 5 aromatic rings. The van der Waals surface area contributed by atoms with E-state index in [0.29, 0.717) is 51.3 Å². The van der Waals surface area contributed by atoms with Gasteiger partial charge in [0.2, 0.25) is 5.95 Å². The third kappa shape index (κ3) is 4.65. The number of benzene rings is 3. The van der Waals surface area contributed by atoms with Gasteiger partial charge in [0.05, 0.1) is 33.9 Å². The number of anilines is 2. The quantitative estimate of drug-likeness (QED) is 0.265. The summed E-state index contributed by atoms with van der Waals surface area (Å²) >= 11 is 12.5. The Bertz CT molecular complexity index is 1550. The molecule has 0 saturated carbocycles. The van der Waals surface area contributed by atoms with Crippen LogP contribution in [0.4, 0.5) is 16.2 Å². The summed E-state index contributed by atoms with van der Waals surface area (Å²) in [7, 11) is 1.63. The zero-order valence-electron chi connectivity index (χ0n) is 19.2. The number of fused-ring (bicyclic) bond motifs is 1. The van der Waals surface area contributed by atoms with Crippen LogP contribution in [0.2, 0.25) is 10.0 Å². The number of hydrogen-bond donors (Lipinski definition) is 2. The van der Waals surface area contributed by atoms with Gasteiger partial charge < -0.3 is 15.8 Å². The fourth-order valence-electron chi connectivity index (χ4n) is 3.86. The number of halogens is 3. The minimum Gasteiger partial charge on any atom is -0.497 e. The van der Waals surface area contributed by atoms with Crippen molar-refractivity contribution in [3.8, 4) is 22.7 Å². The van der Waals surface area contributed by atoms with Crippen molar-refractivity contribution >= 4 is 46.0 Å². The Morgan fingerprint density at radius 2 is 1.78 bits per heavy atom. The lowest BCUT2D eigenvalue weighted by molar-refractivity contribution is 0.414. The first kappa shape index (κ1) is 23.8. The van der Waals surface area contributed by atoms with Crippen LogP contribution in [0.25, 0.3) is 28.0 Å². The number of aromatic nitrogens is 4.